The lowest BCUT2D eigenvalue weighted by atomic mass is 10.1. The first-order valence-electron chi connectivity index (χ1n) is 10.4. The topological polar surface area (TPSA) is 41.6 Å². The first kappa shape index (κ1) is 23.0. The standard InChI is InChI=1S/C25H29FN2O2S/c1-19(16-24-4-3-15-31-24)28(17-21-7-11-23(30-2)12-8-21)18-25(29)27-14-13-20-5-9-22(26)10-6-20/h3-12,15,19H,13-14,16-18H2,1-2H3,(H,27,29). The Hall–Kier alpha value is -2.70. The van der Waals surface area contributed by atoms with Crippen LogP contribution in [0, 0.1) is 5.82 Å². The van der Waals surface area contributed by atoms with E-state index in [2.05, 4.69) is 34.7 Å². The Morgan fingerprint density at radius 2 is 1.81 bits per heavy atom. The van der Waals surface area contributed by atoms with Gasteiger partial charge in [-0.2, -0.15) is 0 Å². The van der Waals surface area contributed by atoms with Gasteiger partial charge in [-0.05, 0) is 66.6 Å². The van der Waals surface area contributed by atoms with Crippen LogP contribution in [0.15, 0.2) is 66.0 Å². The number of methoxy groups -OCH3 is 1. The van der Waals surface area contributed by atoms with Crippen LogP contribution in [0.5, 0.6) is 5.75 Å². The lowest BCUT2D eigenvalue weighted by Crippen LogP contribution is -2.42. The molecule has 31 heavy (non-hydrogen) atoms. The van der Waals surface area contributed by atoms with Gasteiger partial charge in [-0.3, -0.25) is 9.69 Å². The van der Waals surface area contributed by atoms with Crippen molar-refractivity contribution in [3.8, 4) is 5.75 Å². The van der Waals surface area contributed by atoms with Crippen molar-refractivity contribution < 1.29 is 13.9 Å². The summed E-state index contributed by atoms with van der Waals surface area (Å²) in [6, 6.07) is 18.8. The number of hydrogen-bond acceptors (Lipinski definition) is 4. The van der Waals surface area contributed by atoms with Gasteiger partial charge in [0.05, 0.1) is 13.7 Å². The molecule has 0 aliphatic heterocycles. The third kappa shape index (κ3) is 7.49. The summed E-state index contributed by atoms with van der Waals surface area (Å²) in [6.07, 6.45) is 1.58. The highest BCUT2D eigenvalue weighted by molar-refractivity contribution is 7.09. The first-order valence-corrected chi connectivity index (χ1v) is 11.3. The van der Waals surface area contributed by atoms with Crippen molar-refractivity contribution in [2.24, 2.45) is 0 Å². The number of amides is 1. The molecule has 0 radical (unpaired) electrons. The van der Waals surface area contributed by atoms with E-state index < -0.39 is 0 Å². The predicted molar refractivity (Wildman–Crippen MR) is 124 cm³/mol. The van der Waals surface area contributed by atoms with E-state index in [1.165, 1.54) is 17.0 Å². The minimum atomic E-state index is -0.248. The van der Waals surface area contributed by atoms with Gasteiger partial charge in [-0.25, -0.2) is 4.39 Å². The SMILES string of the molecule is COc1ccc(CN(CC(=O)NCCc2ccc(F)cc2)C(C)Cc2cccs2)cc1. The number of halogens is 1. The smallest absolute Gasteiger partial charge is 0.234 e. The van der Waals surface area contributed by atoms with E-state index in [0.29, 0.717) is 26.1 Å². The molecule has 0 saturated heterocycles. The molecular formula is C25H29FN2O2S. The highest BCUT2D eigenvalue weighted by Gasteiger charge is 2.18. The number of ether oxygens (including phenoxy) is 1. The van der Waals surface area contributed by atoms with Crippen LogP contribution in [0.4, 0.5) is 4.39 Å². The Morgan fingerprint density at radius 3 is 2.45 bits per heavy atom. The van der Waals surface area contributed by atoms with Crippen molar-refractivity contribution in [1.29, 1.82) is 0 Å². The third-order valence-corrected chi connectivity index (χ3v) is 6.14. The van der Waals surface area contributed by atoms with E-state index in [0.717, 1.165) is 23.3 Å². The van der Waals surface area contributed by atoms with Crippen molar-refractivity contribution in [2.45, 2.75) is 32.4 Å². The van der Waals surface area contributed by atoms with Gasteiger partial charge in [0.2, 0.25) is 5.91 Å². The van der Waals surface area contributed by atoms with Gasteiger partial charge < -0.3 is 10.1 Å². The molecule has 0 aliphatic carbocycles. The normalized spacial score (nSPS) is 12.0. The highest BCUT2D eigenvalue weighted by Crippen LogP contribution is 2.18. The summed E-state index contributed by atoms with van der Waals surface area (Å²) in [5, 5.41) is 5.08. The Balaban J connectivity index is 1.58. The second kappa shape index (κ2) is 11.6. The molecule has 1 aromatic heterocycles. The maximum Gasteiger partial charge on any atom is 0.234 e. The number of benzene rings is 2. The first-order chi connectivity index (χ1) is 15.0. The van der Waals surface area contributed by atoms with E-state index in [1.807, 2.05) is 24.3 Å². The molecule has 0 saturated carbocycles. The molecule has 0 spiro atoms. The predicted octanol–water partition coefficient (Wildman–Crippen LogP) is 4.69. The fraction of sp³-hybridized carbons (Fsp3) is 0.320. The molecule has 1 atom stereocenters. The van der Waals surface area contributed by atoms with Gasteiger partial charge in [0, 0.05) is 24.0 Å². The van der Waals surface area contributed by atoms with Crippen LogP contribution in [-0.2, 0) is 24.2 Å². The van der Waals surface area contributed by atoms with Gasteiger partial charge in [-0.1, -0.05) is 30.3 Å². The molecule has 1 N–H and O–H groups in total. The molecule has 164 valence electrons. The van der Waals surface area contributed by atoms with Gasteiger partial charge in [0.15, 0.2) is 0 Å². The fourth-order valence-electron chi connectivity index (χ4n) is 3.42. The summed E-state index contributed by atoms with van der Waals surface area (Å²) in [5.41, 5.74) is 2.14. The lowest BCUT2D eigenvalue weighted by molar-refractivity contribution is -0.122. The highest BCUT2D eigenvalue weighted by atomic mass is 32.1. The monoisotopic (exact) mass is 440 g/mol. The number of nitrogens with zero attached hydrogens (tertiary/aromatic N) is 1. The van der Waals surface area contributed by atoms with Crippen molar-refractivity contribution in [2.75, 3.05) is 20.2 Å². The number of carbonyl (C=O) groups is 1. The Morgan fingerprint density at radius 1 is 1.10 bits per heavy atom. The number of thiophene rings is 1. The molecule has 0 bridgehead atoms. The van der Waals surface area contributed by atoms with Gasteiger partial charge in [0.1, 0.15) is 11.6 Å². The average molecular weight is 441 g/mol. The summed E-state index contributed by atoms with van der Waals surface area (Å²) in [6.45, 7) is 3.69. The number of carbonyl (C=O) groups excluding carboxylic acids is 1. The molecule has 6 heteroatoms. The van der Waals surface area contributed by atoms with Crippen molar-refractivity contribution in [3.05, 3.63) is 87.9 Å². The second-order valence-corrected chi connectivity index (χ2v) is 8.64. The quantitative estimate of drug-likeness (QED) is 0.470. The van der Waals surface area contributed by atoms with Gasteiger partial charge in [-0.15, -0.1) is 11.3 Å². The van der Waals surface area contributed by atoms with Crippen LogP contribution >= 0.6 is 11.3 Å². The van der Waals surface area contributed by atoms with Crippen molar-refractivity contribution in [1.82, 2.24) is 10.2 Å². The third-order valence-electron chi connectivity index (χ3n) is 5.24. The summed E-state index contributed by atoms with van der Waals surface area (Å²) >= 11 is 1.74. The van der Waals surface area contributed by atoms with Crippen molar-refractivity contribution >= 4 is 17.2 Å². The largest absolute Gasteiger partial charge is 0.497 e. The van der Waals surface area contributed by atoms with Crippen LogP contribution in [0.1, 0.15) is 22.9 Å². The maximum atomic E-state index is 13.0. The molecule has 1 unspecified atom stereocenters. The Kier molecular flexibility index (Phi) is 8.62. The summed E-state index contributed by atoms with van der Waals surface area (Å²) in [4.78, 5) is 16.2. The molecule has 1 heterocycles. The van der Waals surface area contributed by atoms with E-state index in [9.17, 15) is 9.18 Å². The fourth-order valence-corrected chi connectivity index (χ4v) is 4.25. The maximum absolute atomic E-state index is 13.0. The Labute approximate surface area is 187 Å². The number of nitrogens with one attached hydrogen (secondary N) is 1. The zero-order valence-corrected chi connectivity index (χ0v) is 18.8. The van der Waals surface area contributed by atoms with Gasteiger partial charge >= 0.3 is 0 Å². The minimum absolute atomic E-state index is 0.00588. The molecule has 1 amide bonds. The van der Waals surface area contributed by atoms with E-state index in [1.54, 1.807) is 30.6 Å². The van der Waals surface area contributed by atoms with Crippen LogP contribution in [0.2, 0.25) is 0 Å². The molecule has 0 fully saturated rings. The Bertz CT molecular complexity index is 927. The van der Waals surface area contributed by atoms with E-state index >= 15 is 0 Å². The average Bonchev–Trinajstić information content (AvgIpc) is 3.28. The van der Waals surface area contributed by atoms with Gasteiger partial charge in [0.25, 0.3) is 0 Å². The van der Waals surface area contributed by atoms with Crippen LogP contribution in [-0.4, -0.2) is 37.0 Å². The van der Waals surface area contributed by atoms with Crippen molar-refractivity contribution in [3.63, 3.8) is 0 Å². The zero-order chi connectivity index (χ0) is 22.1. The summed E-state index contributed by atoms with van der Waals surface area (Å²) in [5.74, 6) is 0.566. The van der Waals surface area contributed by atoms with Crippen LogP contribution in [0.25, 0.3) is 0 Å². The summed E-state index contributed by atoms with van der Waals surface area (Å²) in [7, 11) is 1.65. The molecule has 3 aromatic rings. The number of hydrogen-bond donors (Lipinski definition) is 1. The zero-order valence-electron chi connectivity index (χ0n) is 18.0. The van der Waals surface area contributed by atoms with E-state index in [-0.39, 0.29) is 17.8 Å². The molecule has 3 rings (SSSR count). The lowest BCUT2D eigenvalue weighted by Gasteiger charge is -2.28. The second-order valence-electron chi connectivity index (χ2n) is 7.61. The summed E-state index contributed by atoms with van der Waals surface area (Å²) < 4.78 is 18.3. The molecular weight excluding hydrogens is 411 g/mol. The minimum Gasteiger partial charge on any atom is -0.497 e. The van der Waals surface area contributed by atoms with Crippen LogP contribution in [0.3, 0.4) is 0 Å². The van der Waals surface area contributed by atoms with Crippen LogP contribution < -0.4 is 10.1 Å². The van der Waals surface area contributed by atoms with E-state index in [4.69, 9.17) is 4.74 Å². The molecule has 4 nitrogen and oxygen atoms in total. The number of rotatable bonds is 11. The molecule has 0 aliphatic rings. The molecule has 2 aromatic carbocycles.